The van der Waals surface area contributed by atoms with Gasteiger partial charge in [-0.05, 0) is 32.7 Å². The quantitative estimate of drug-likeness (QED) is 0.663. The third-order valence-electron chi connectivity index (χ3n) is 3.37. The molecule has 0 aromatic heterocycles. The average molecular weight is 201 g/mol. The van der Waals surface area contributed by atoms with Gasteiger partial charge in [0.25, 0.3) is 0 Å². The molecule has 2 heteroatoms. The van der Waals surface area contributed by atoms with Crippen LogP contribution in [0, 0.1) is 5.92 Å². The van der Waals surface area contributed by atoms with Crippen molar-refractivity contribution < 1.29 is 5.11 Å². The third-order valence-corrected chi connectivity index (χ3v) is 3.37. The summed E-state index contributed by atoms with van der Waals surface area (Å²) in [6.45, 7) is 8.63. The first-order chi connectivity index (χ1) is 6.49. The minimum atomic E-state index is -0.177. The van der Waals surface area contributed by atoms with E-state index >= 15 is 0 Å². The molecular weight excluding hydrogens is 174 g/mol. The molecule has 0 aliphatic rings. The zero-order chi connectivity index (χ0) is 11.2. The average Bonchev–Trinajstić information content (AvgIpc) is 2.16. The van der Waals surface area contributed by atoms with Gasteiger partial charge in [-0.2, -0.15) is 0 Å². The molecule has 2 nitrogen and oxygen atoms in total. The molecule has 3 unspecified atom stereocenters. The maximum atomic E-state index is 9.97. The first-order valence-electron chi connectivity index (χ1n) is 5.86. The molecule has 0 aliphatic carbocycles. The summed E-state index contributed by atoms with van der Waals surface area (Å²) in [4.78, 5) is 0. The lowest BCUT2D eigenvalue weighted by Gasteiger charge is -2.33. The van der Waals surface area contributed by atoms with Crippen LogP contribution in [-0.4, -0.2) is 23.8 Å². The summed E-state index contributed by atoms with van der Waals surface area (Å²) in [7, 11) is 1.99. The van der Waals surface area contributed by atoms with E-state index in [-0.39, 0.29) is 11.6 Å². The molecule has 2 N–H and O–H groups in total. The monoisotopic (exact) mass is 201 g/mol. The van der Waals surface area contributed by atoms with Gasteiger partial charge in [0, 0.05) is 5.54 Å². The van der Waals surface area contributed by atoms with Gasteiger partial charge in [0.1, 0.15) is 0 Å². The van der Waals surface area contributed by atoms with Crippen molar-refractivity contribution in [1.29, 1.82) is 0 Å². The Morgan fingerprint density at radius 1 is 1.36 bits per heavy atom. The minimum absolute atomic E-state index is 0.0948. The van der Waals surface area contributed by atoms with Crippen LogP contribution in [0.1, 0.15) is 53.4 Å². The minimum Gasteiger partial charge on any atom is -0.393 e. The largest absolute Gasteiger partial charge is 0.393 e. The molecule has 0 radical (unpaired) electrons. The molecule has 0 aromatic carbocycles. The zero-order valence-electron chi connectivity index (χ0n) is 10.4. The Balaban J connectivity index is 4.15. The van der Waals surface area contributed by atoms with Crippen LogP contribution in [-0.2, 0) is 0 Å². The molecule has 0 fully saturated rings. The van der Waals surface area contributed by atoms with E-state index in [4.69, 9.17) is 0 Å². The highest BCUT2D eigenvalue weighted by molar-refractivity contribution is 4.85. The van der Waals surface area contributed by atoms with Gasteiger partial charge in [0.05, 0.1) is 6.10 Å². The lowest BCUT2D eigenvalue weighted by molar-refractivity contribution is 0.0735. The SMILES string of the molecule is CCCC(C)(CC(O)C(C)CC)NC. The number of hydrogen-bond donors (Lipinski definition) is 2. The van der Waals surface area contributed by atoms with E-state index in [0.717, 1.165) is 25.7 Å². The van der Waals surface area contributed by atoms with E-state index in [9.17, 15) is 5.11 Å². The molecule has 86 valence electrons. The summed E-state index contributed by atoms with van der Waals surface area (Å²) < 4.78 is 0. The van der Waals surface area contributed by atoms with Crippen molar-refractivity contribution >= 4 is 0 Å². The second kappa shape index (κ2) is 6.41. The van der Waals surface area contributed by atoms with E-state index in [0.29, 0.717) is 5.92 Å². The van der Waals surface area contributed by atoms with E-state index < -0.39 is 0 Å². The normalized spacial score (nSPS) is 20.1. The molecular formula is C12H27NO. The zero-order valence-corrected chi connectivity index (χ0v) is 10.4. The van der Waals surface area contributed by atoms with Crippen LogP contribution in [0.2, 0.25) is 0 Å². The Morgan fingerprint density at radius 2 is 1.93 bits per heavy atom. The third kappa shape index (κ3) is 4.43. The van der Waals surface area contributed by atoms with Crippen molar-refractivity contribution in [2.45, 2.75) is 65.0 Å². The molecule has 0 aromatic rings. The van der Waals surface area contributed by atoms with Crippen LogP contribution in [0.25, 0.3) is 0 Å². The predicted octanol–water partition coefficient (Wildman–Crippen LogP) is 2.56. The van der Waals surface area contributed by atoms with Crippen LogP contribution in [0.4, 0.5) is 0 Å². The van der Waals surface area contributed by atoms with Crippen molar-refractivity contribution in [1.82, 2.24) is 5.32 Å². The van der Waals surface area contributed by atoms with Gasteiger partial charge in [-0.3, -0.25) is 0 Å². The van der Waals surface area contributed by atoms with Gasteiger partial charge in [-0.25, -0.2) is 0 Å². The first-order valence-corrected chi connectivity index (χ1v) is 5.86. The summed E-state index contributed by atoms with van der Waals surface area (Å²) in [6.07, 6.45) is 4.00. The van der Waals surface area contributed by atoms with E-state index in [2.05, 4.69) is 33.0 Å². The topological polar surface area (TPSA) is 32.3 Å². The summed E-state index contributed by atoms with van der Waals surface area (Å²) in [5.41, 5.74) is 0.0948. The number of hydrogen-bond acceptors (Lipinski definition) is 2. The fourth-order valence-corrected chi connectivity index (χ4v) is 1.82. The highest BCUT2D eigenvalue weighted by Crippen LogP contribution is 2.22. The van der Waals surface area contributed by atoms with Crippen molar-refractivity contribution in [2.75, 3.05) is 7.05 Å². The van der Waals surface area contributed by atoms with E-state index in [1.54, 1.807) is 0 Å². The molecule has 0 aliphatic heterocycles. The Morgan fingerprint density at radius 3 is 2.29 bits per heavy atom. The van der Waals surface area contributed by atoms with Crippen molar-refractivity contribution in [3.8, 4) is 0 Å². The predicted molar refractivity (Wildman–Crippen MR) is 62.5 cm³/mol. The summed E-state index contributed by atoms with van der Waals surface area (Å²) in [5, 5.41) is 13.3. The number of aliphatic hydroxyl groups is 1. The standard InChI is InChI=1S/C12H27NO/c1-6-8-12(4,13-5)9-11(14)10(3)7-2/h10-11,13-14H,6-9H2,1-5H3. The highest BCUT2D eigenvalue weighted by Gasteiger charge is 2.26. The van der Waals surface area contributed by atoms with Crippen LogP contribution in [0.5, 0.6) is 0 Å². The molecule has 0 bridgehead atoms. The fraction of sp³-hybridized carbons (Fsp3) is 1.00. The van der Waals surface area contributed by atoms with Crippen LogP contribution < -0.4 is 5.32 Å². The number of rotatable bonds is 7. The lowest BCUT2D eigenvalue weighted by Crippen LogP contribution is -2.43. The summed E-state index contributed by atoms with van der Waals surface area (Å²) in [5.74, 6) is 0.402. The Kier molecular flexibility index (Phi) is 6.38. The van der Waals surface area contributed by atoms with Gasteiger partial charge >= 0.3 is 0 Å². The Bertz CT molecular complexity index is 149. The van der Waals surface area contributed by atoms with E-state index in [1.165, 1.54) is 0 Å². The van der Waals surface area contributed by atoms with Crippen molar-refractivity contribution in [3.05, 3.63) is 0 Å². The van der Waals surface area contributed by atoms with Crippen LogP contribution in [0.15, 0.2) is 0 Å². The van der Waals surface area contributed by atoms with Crippen molar-refractivity contribution in [3.63, 3.8) is 0 Å². The van der Waals surface area contributed by atoms with Crippen LogP contribution >= 0.6 is 0 Å². The maximum absolute atomic E-state index is 9.97. The van der Waals surface area contributed by atoms with Gasteiger partial charge in [0.2, 0.25) is 0 Å². The maximum Gasteiger partial charge on any atom is 0.0583 e. The van der Waals surface area contributed by atoms with Crippen LogP contribution in [0.3, 0.4) is 0 Å². The Labute approximate surface area is 89.1 Å². The highest BCUT2D eigenvalue weighted by atomic mass is 16.3. The molecule has 0 heterocycles. The molecule has 0 rings (SSSR count). The van der Waals surface area contributed by atoms with Gasteiger partial charge in [-0.1, -0.05) is 33.6 Å². The molecule has 3 atom stereocenters. The second-order valence-corrected chi connectivity index (χ2v) is 4.72. The number of nitrogens with one attached hydrogen (secondary N) is 1. The molecule has 14 heavy (non-hydrogen) atoms. The molecule has 0 saturated carbocycles. The summed E-state index contributed by atoms with van der Waals surface area (Å²) in [6, 6.07) is 0. The van der Waals surface area contributed by atoms with Gasteiger partial charge in [-0.15, -0.1) is 0 Å². The van der Waals surface area contributed by atoms with E-state index in [1.807, 2.05) is 7.05 Å². The number of aliphatic hydroxyl groups excluding tert-OH is 1. The van der Waals surface area contributed by atoms with Gasteiger partial charge < -0.3 is 10.4 Å². The summed E-state index contributed by atoms with van der Waals surface area (Å²) >= 11 is 0. The lowest BCUT2D eigenvalue weighted by atomic mass is 9.85. The fourth-order valence-electron chi connectivity index (χ4n) is 1.82. The first kappa shape index (κ1) is 13.9. The molecule has 0 spiro atoms. The van der Waals surface area contributed by atoms with Gasteiger partial charge in [0.15, 0.2) is 0 Å². The Hall–Kier alpha value is -0.0800. The molecule has 0 saturated heterocycles. The van der Waals surface area contributed by atoms with Crippen molar-refractivity contribution in [2.24, 2.45) is 5.92 Å². The molecule has 0 amide bonds. The second-order valence-electron chi connectivity index (χ2n) is 4.72. The smallest absolute Gasteiger partial charge is 0.0583 e.